The summed E-state index contributed by atoms with van der Waals surface area (Å²) in [5, 5.41) is 26.3. The van der Waals surface area contributed by atoms with E-state index in [0.717, 1.165) is 24.9 Å². The molecule has 5 nitrogen and oxygen atoms in total. The standard InChI is InChI=1S/C23H28F2N2O3/c1-15-8-9-19(24)17(13-15)21-18(6-2-7-20(21)25)23(30,10-4-12-27-22(28)29)16-5-3-11-26-14-16/h2,6-9,13,16,26-27,30H,3-5,10-12,14H2,1H3,(H,28,29)/t16-,23+/m1/s1. The van der Waals surface area contributed by atoms with Crippen LogP contribution in [0.1, 0.15) is 36.8 Å². The number of hydrogen-bond donors (Lipinski definition) is 4. The number of carboxylic acid groups (broad SMARTS) is 1. The lowest BCUT2D eigenvalue weighted by molar-refractivity contribution is -0.0417. The molecule has 2 aromatic rings. The van der Waals surface area contributed by atoms with E-state index in [1.165, 1.54) is 18.2 Å². The number of aliphatic hydroxyl groups is 1. The number of halogens is 2. The second-order valence-corrected chi connectivity index (χ2v) is 7.95. The van der Waals surface area contributed by atoms with Crippen LogP contribution in [0.2, 0.25) is 0 Å². The van der Waals surface area contributed by atoms with Crippen LogP contribution in [0.5, 0.6) is 0 Å². The summed E-state index contributed by atoms with van der Waals surface area (Å²) in [6.45, 7) is 3.37. The first-order chi connectivity index (χ1) is 14.3. The molecule has 0 spiro atoms. The van der Waals surface area contributed by atoms with Crippen molar-refractivity contribution >= 4 is 6.09 Å². The van der Waals surface area contributed by atoms with Crippen molar-refractivity contribution in [3.05, 3.63) is 59.2 Å². The lowest BCUT2D eigenvalue weighted by atomic mass is 9.72. The quantitative estimate of drug-likeness (QED) is 0.509. The summed E-state index contributed by atoms with van der Waals surface area (Å²) >= 11 is 0. The van der Waals surface area contributed by atoms with Crippen LogP contribution >= 0.6 is 0 Å². The number of rotatable bonds is 7. The number of piperidine rings is 1. The Balaban J connectivity index is 2.07. The van der Waals surface area contributed by atoms with Crippen LogP contribution in [0.15, 0.2) is 36.4 Å². The van der Waals surface area contributed by atoms with Crippen LogP contribution < -0.4 is 10.6 Å². The summed E-state index contributed by atoms with van der Waals surface area (Å²) in [6.07, 6.45) is 1.06. The molecule has 0 bridgehead atoms. The Morgan fingerprint density at radius 2 is 2.07 bits per heavy atom. The molecule has 1 fully saturated rings. The Hall–Kier alpha value is -2.51. The van der Waals surface area contributed by atoms with Gasteiger partial charge in [0.15, 0.2) is 0 Å². The molecule has 1 amide bonds. The van der Waals surface area contributed by atoms with Crippen LogP contribution in [-0.4, -0.2) is 35.9 Å². The van der Waals surface area contributed by atoms with Gasteiger partial charge < -0.3 is 20.8 Å². The molecule has 1 heterocycles. The Labute approximate surface area is 175 Å². The summed E-state index contributed by atoms with van der Waals surface area (Å²) in [7, 11) is 0. The van der Waals surface area contributed by atoms with Crippen LogP contribution in [0.4, 0.5) is 13.6 Å². The summed E-state index contributed by atoms with van der Waals surface area (Å²) in [6, 6.07) is 8.96. The highest BCUT2D eigenvalue weighted by Gasteiger charge is 2.41. The van der Waals surface area contributed by atoms with Gasteiger partial charge in [0.05, 0.1) is 5.60 Å². The molecule has 1 aliphatic heterocycles. The van der Waals surface area contributed by atoms with Gasteiger partial charge in [-0.15, -0.1) is 0 Å². The number of nitrogens with one attached hydrogen (secondary N) is 2. The normalized spacial score (nSPS) is 18.6. The molecule has 4 N–H and O–H groups in total. The van der Waals surface area contributed by atoms with Crippen molar-refractivity contribution in [1.82, 2.24) is 10.6 Å². The molecule has 0 unspecified atom stereocenters. The zero-order valence-electron chi connectivity index (χ0n) is 17.0. The van der Waals surface area contributed by atoms with E-state index in [-0.39, 0.29) is 30.0 Å². The predicted octanol–water partition coefficient (Wildman–Crippen LogP) is 4.18. The van der Waals surface area contributed by atoms with Gasteiger partial charge in [0, 0.05) is 30.1 Å². The van der Waals surface area contributed by atoms with Gasteiger partial charge in [-0.25, -0.2) is 13.6 Å². The monoisotopic (exact) mass is 418 g/mol. The molecule has 1 aliphatic rings. The van der Waals surface area contributed by atoms with Gasteiger partial charge in [0.25, 0.3) is 0 Å². The first kappa shape index (κ1) is 22.2. The fraction of sp³-hybridized carbons (Fsp3) is 0.435. The molecule has 7 heteroatoms. The molecule has 3 rings (SSSR count). The number of benzene rings is 2. The fourth-order valence-corrected chi connectivity index (χ4v) is 4.36. The second-order valence-electron chi connectivity index (χ2n) is 7.95. The van der Waals surface area contributed by atoms with Crippen molar-refractivity contribution in [1.29, 1.82) is 0 Å². The topological polar surface area (TPSA) is 81.6 Å². The van der Waals surface area contributed by atoms with E-state index in [9.17, 15) is 14.3 Å². The van der Waals surface area contributed by atoms with E-state index in [0.29, 0.717) is 18.5 Å². The smallest absolute Gasteiger partial charge is 0.404 e. The summed E-state index contributed by atoms with van der Waals surface area (Å²) in [5.41, 5.74) is -0.113. The maximum absolute atomic E-state index is 15.1. The van der Waals surface area contributed by atoms with Crippen molar-refractivity contribution in [2.75, 3.05) is 19.6 Å². The van der Waals surface area contributed by atoms with Crippen LogP contribution in [-0.2, 0) is 5.60 Å². The largest absolute Gasteiger partial charge is 0.465 e. The molecule has 2 atom stereocenters. The molecule has 0 saturated carbocycles. The number of hydrogen-bond acceptors (Lipinski definition) is 3. The fourth-order valence-electron chi connectivity index (χ4n) is 4.36. The highest BCUT2D eigenvalue weighted by Crippen LogP contribution is 2.43. The van der Waals surface area contributed by atoms with E-state index in [2.05, 4.69) is 10.6 Å². The Morgan fingerprint density at radius 1 is 1.27 bits per heavy atom. The van der Waals surface area contributed by atoms with Gasteiger partial charge >= 0.3 is 6.09 Å². The first-order valence-corrected chi connectivity index (χ1v) is 10.3. The zero-order chi connectivity index (χ0) is 21.7. The average molecular weight is 418 g/mol. The van der Waals surface area contributed by atoms with E-state index in [1.54, 1.807) is 25.1 Å². The highest BCUT2D eigenvalue weighted by molar-refractivity contribution is 5.70. The zero-order valence-corrected chi connectivity index (χ0v) is 17.0. The van der Waals surface area contributed by atoms with E-state index in [1.807, 2.05) is 0 Å². The van der Waals surface area contributed by atoms with Crippen LogP contribution in [0.25, 0.3) is 11.1 Å². The van der Waals surface area contributed by atoms with Crippen molar-refractivity contribution in [2.24, 2.45) is 5.92 Å². The maximum atomic E-state index is 15.1. The summed E-state index contributed by atoms with van der Waals surface area (Å²) in [4.78, 5) is 10.8. The van der Waals surface area contributed by atoms with Gasteiger partial charge in [-0.2, -0.15) is 0 Å². The minimum Gasteiger partial charge on any atom is -0.465 e. The van der Waals surface area contributed by atoms with Gasteiger partial charge in [0.2, 0.25) is 0 Å². The molecule has 0 aliphatic carbocycles. The predicted molar refractivity (Wildman–Crippen MR) is 111 cm³/mol. The minimum absolute atomic E-state index is 0.0676. The van der Waals surface area contributed by atoms with Crippen molar-refractivity contribution < 1.29 is 23.8 Å². The third-order valence-electron chi connectivity index (χ3n) is 5.85. The summed E-state index contributed by atoms with van der Waals surface area (Å²) in [5.74, 6) is -1.35. The molecule has 2 aromatic carbocycles. The number of carbonyl (C=O) groups is 1. The molecule has 1 saturated heterocycles. The Bertz CT molecular complexity index is 900. The molecule has 0 aromatic heterocycles. The van der Waals surface area contributed by atoms with Gasteiger partial charge in [0.1, 0.15) is 11.6 Å². The van der Waals surface area contributed by atoms with Gasteiger partial charge in [-0.1, -0.05) is 23.8 Å². The van der Waals surface area contributed by atoms with Crippen molar-refractivity contribution in [2.45, 2.75) is 38.2 Å². The molecule has 30 heavy (non-hydrogen) atoms. The molecular formula is C23H28F2N2O3. The lowest BCUT2D eigenvalue weighted by Gasteiger charge is -2.40. The van der Waals surface area contributed by atoms with E-state index in [4.69, 9.17) is 5.11 Å². The van der Waals surface area contributed by atoms with Crippen LogP contribution in [0.3, 0.4) is 0 Å². The Morgan fingerprint density at radius 3 is 2.77 bits per heavy atom. The first-order valence-electron chi connectivity index (χ1n) is 10.3. The Kier molecular flexibility index (Phi) is 7.05. The number of amides is 1. The number of aryl methyl sites for hydroxylation is 1. The molecule has 0 radical (unpaired) electrons. The average Bonchev–Trinajstić information content (AvgIpc) is 2.73. The van der Waals surface area contributed by atoms with Crippen LogP contribution in [0, 0.1) is 24.5 Å². The van der Waals surface area contributed by atoms with Crippen molar-refractivity contribution in [3.8, 4) is 11.1 Å². The molecular weight excluding hydrogens is 390 g/mol. The third kappa shape index (κ3) is 4.79. The second kappa shape index (κ2) is 9.53. The van der Waals surface area contributed by atoms with E-state index < -0.39 is 23.3 Å². The van der Waals surface area contributed by atoms with Gasteiger partial charge in [-0.05, 0) is 62.9 Å². The molecule has 162 valence electrons. The SMILES string of the molecule is Cc1ccc(F)c(-c2c(F)cccc2[C@](O)(CCCNC(=O)O)[C@@H]2CCCNC2)c1. The van der Waals surface area contributed by atoms with Crippen molar-refractivity contribution in [3.63, 3.8) is 0 Å². The maximum Gasteiger partial charge on any atom is 0.404 e. The lowest BCUT2D eigenvalue weighted by Crippen LogP contribution is -2.45. The highest BCUT2D eigenvalue weighted by atomic mass is 19.1. The third-order valence-corrected chi connectivity index (χ3v) is 5.85. The van der Waals surface area contributed by atoms with Gasteiger partial charge in [-0.3, -0.25) is 0 Å². The summed E-state index contributed by atoms with van der Waals surface area (Å²) < 4.78 is 29.8. The minimum atomic E-state index is -1.43. The van der Waals surface area contributed by atoms with E-state index >= 15 is 4.39 Å².